The molecule has 1 aliphatic heterocycles. The van der Waals surface area contributed by atoms with Crippen molar-refractivity contribution in [3.05, 3.63) is 35.4 Å². The van der Waals surface area contributed by atoms with Crippen molar-refractivity contribution in [3.8, 4) is 0 Å². The molecule has 1 heterocycles. The van der Waals surface area contributed by atoms with Gasteiger partial charge < -0.3 is 4.74 Å². The molecule has 0 amide bonds. The number of aryl methyl sites for hydroxylation is 1. The standard InChI is InChI=1S/C17H26O/c1-4-6-7-14-8-10-16(11-9-14)15(5-2)12-17-13(3)18-17/h8-11,13,15,17H,4-7,12H2,1-3H3. The zero-order chi connectivity index (χ0) is 13.0. The van der Waals surface area contributed by atoms with Crippen LogP contribution in [0.4, 0.5) is 0 Å². The van der Waals surface area contributed by atoms with Crippen LogP contribution < -0.4 is 0 Å². The third kappa shape index (κ3) is 3.58. The highest BCUT2D eigenvalue weighted by molar-refractivity contribution is 5.26. The molecule has 2 rings (SSSR count). The molecule has 100 valence electrons. The van der Waals surface area contributed by atoms with Crippen molar-refractivity contribution in [1.82, 2.24) is 0 Å². The summed E-state index contributed by atoms with van der Waals surface area (Å²) in [6, 6.07) is 9.27. The molecule has 1 aliphatic rings. The van der Waals surface area contributed by atoms with E-state index in [1.165, 1.54) is 43.2 Å². The van der Waals surface area contributed by atoms with E-state index in [9.17, 15) is 0 Å². The second kappa shape index (κ2) is 6.38. The molecule has 18 heavy (non-hydrogen) atoms. The summed E-state index contributed by atoms with van der Waals surface area (Å²) in [7, 11) is 0. The number of benzene rings is 1. The van der Waals surface area contributed by atoms with Crippen LogP contribution in [0.1, 0.15) is 63.5 Å². The van der Waals surface area contributed by atoms with Crippen molar-refractivity contribution in [2.45, 2.75) is 71.0 Å². The maximum atomic E-state index is 5.55. The number of rotatable bonds is 7. The van der Waals surface area contributed by atoms with Gasteiger partial charge in [0.2, 0.25) is 0 Å². The minimum Gasteiger partial charge on any atom is -0.370 e. The fourth-order valence-corrected chi connectivity index (χ4v) is 2.63. The van der Waals surface area contributed by atoms with Crippen LogP contribution in [0, 0.1) is 0 Å². The molecule has 1 saturated heterocycles. The zero-order valence-corrected chi connectivity index (χ0v) is 12.0. The highest BCUT2D eigenvalue weighted by atomic mass is 16.6. The van der Waals surface area contributed by atoms with E-state index < -0.39 is 0 Å². The fraction of sp³-hybridized carbons (Fsp3) is 0.647. The molecule has 0 aliphatic carbocycles. The third-order valence-corrected chi connectivity index (χ3v) is 4.12. The SMILES string of the molecule is CCCCc1ccc(C(CC)CC2OC2C)cc1. The Morgan fingerprint density at radius 3 is 2.33 bits per heavy atom. The van der Waals surface area contributed by atoms with Crippen LogP contribution in [0.25, 0.3) is 0 Å². The lowest BCUT2D eigenvalue weighted by atomic mass is 9.90. The molecule has 1 aromatic carbocycles. The first-order chi connectivity index (χ1) is 8.74. The minimum absolute atomic E-state index is 0.489. The lowest BCUT2D eigenvalue weighted by Gasteiger charge is -2.14. The van der Waals surface area contributed by atoms with Gasteiger partial charge in [0.15, 0.2) is 0 Å². The molecule has 0 radical (unpaired) electrons. The van der Waals surface area contributed by atoms with Gasteiger partial charge >= 0.3 is 0 Å². The number of hydrogen-bond acceptors (Lipinski definition) is 1. The van der Waals surface area contributed by atoms with Crippen LogP contribution in [-0.4, -0.2) is 12.2 Å². The highest BCUT2D eigenvalue weighted by Gasteiger charge is 2.35. The summed E-state index contributed by atoms with van der Waals surface area (Å²) >= 11 is 0. The maximum absolute atomic E-state index is 5.55. The molecular formula is C17H26O. The Labute approximate surface area is 112 Å². The molecule has 1 heteroatoms. The third-order valence-electron chi connectivity index (χ3n) is 4.12. The topological polar surface area (TPSA) is 12.5 Å². The van der Waals surface area contributed by atoms with Gasteiger partial charge in [-0.15, -0.1) is 0 Å². The normalized spacial score (nSPS) is 23.9. The summed E-state index contributed by atoms with van der Waals surface area (Å²) in [5.74, 6) is 0.667. The molecule has 3 atom stereocenters. The number of epoxide rings is 1. The predicted molar refractivity (Wildman–Crippen MR) is 77.0 cm³/mol. The highest BCUT2D eigenvalue weighted by Crippen LogP contribution is 2.34. The van der Waals surface area contributed by atoms with Crippen molar-refractivity contribution in [2.24, 2.45) is 0 Å². The fourth-order valence-electron chi connectivity index (χ4n) is 2.63. The van der Waals surface area contributed by atoms with Crippen molar-refractivity contribution in [1.29, 1.82) is 0 Å². The van der Waals surface area contributed by atoms with Crippen molar-refractivity contribution in [2.75, 3.05) is 0 Å². The Morgan fingerprint density at radius 2 is 1.83 bits per heavy atom. The molecular weight excluding hydrogens is 220 g/mol. The van der Waals surface area contributed by atoms with Gasteiger partial charge in [-0.25, -0.2) is 0 Å². The lowest BCUT2D eigenvalue weighted by Crippen LogP contribution is -2.03. The Kier molecular flexibility index (Phi) is 4.82. The summed E-state index contributed by atoms with van der Waals surface area (Å²) in [4.78, 5) is 0. The minimum atomic E-state index is 0.489. The van der Waals surface area contributed by atoms with Crippen LogP contribution in [0.2, 0.25) is 0 Å². The number of unbranched alkanes of at least 4 members (excludes halogenated alkanes) is 1. The van der Waals surface area contributed by atoms with E-state index >= 15 is 0 Å². The van der Waals surface area contributed by atoms with E-state index in [0.29, 0.717) is 18.1 Å². The number of hydrogen-bond donors (Lipinski definition) is 0. The Hall–Kier alpha value is -0.820. The molecule has 1 aromatic rings. The molecule has 3 unspecified atom stereocenters. The van der Waals surface area contributed by atoms with Crippen molar-refractivity contribution >= 4 is 0 Å². The molecule has 0 N–H and O–H groups in total. The van der Waals surface area contributed by atoms with E-state index in [-0.39, 0.29) is 0 Å². The van der Waals surface area contributed by atoms with Crippen LogP contribution in [0.5, 0.6) is 0 Å². The lowest BCUT2D eigenvalue weighted by molar-refractivity contribution is 0.357. The van der Waals surface area contributed by atoms with E-state index in [4.69, 9.17) is 4.74 Å². The van der Waals surface area contributed by atoms with Crippen LogP contribution in [0.15, 0.2) is 24.3 Å². The van der Waals surface area contributed by atoms with Gasteiger partial charge in [-0.3, -0.25) is 0 Å². The van der Waals surface area contributed by atoms with Crippen LogP contribution in [0.3, 0.4) is 0 Å². The van der Waals surface area contributed by atoms with Gasteiger partial charge in [-0.1, -0.05) is 44.5 Å². The van der Waals surface area contributed by atoms with Crippen molar-refractivity contribution < 1.29 is 4.74 Å². The van der Waals surface area contributed by atoms with Crippen LogP contribution >= 0.6 is 0 Å². The summed E-state index contributed by atoms with van der Waals surface area (Å²) < 4.78 is 5.55. The van der Waals surface area contributed by atoms with E-state index in [1.807, 2.05) is 0 Å². The van der Waals surface area contributed by atoms with Gasteiger partial charge in [0.1, 0.15) is 0 Å². The first-order valence-electron chi connectivity index (χ1n) is 7.48. The molecule has 0 spiro atoms. The monoisotopic (exact) mass is 246 g/mol. The second-order valence-electron chi connectivity index (χ2n) is 5.57. The first kappa shape index (κ1) is 13.6. The Morgan fingerprint density at radius 1 is 1.17 bits per heavy atom. The molecule has 0 saturated carbocycles. The van der Waals surface area contributed by atoms with Crippen molar-refractivity contribution in [3.63, 3.8) is 0 Å². The largest absolute Gasteiger partial charge is 0.370 e. The Balaban J connectivity index is 1.93. The zero-order valence-electron chi connectivity index (χ0n) is 12.0. The summed E-state index contributed by atoms with van der Waals surface area (Å²) in [6.45, 7) is 6.70. The molecule has 0 bridgehead atoms. The molecule has 0 aromatic heterocycles. The second-order valence-corrected chi connectivity index (χ2v) is 5.57. The number of ether oxygens (including phenoxy) is 1. The Bertz CT molecular complexity index is 354. The maximum Gasteiger partial charge on any atom is 0.0844 e. The van der Waals surface area contributed by atoms with Gasteiger partial charge in [0, 0.05) is 0 Å². The average molecular weight is 246 g/mol. The van der Waals surface area contributed by atoms with Gasteiger partial charge in [0.25, 0.3) is 0 Å². The smallest absolute Gasteiger partial charge is 0.0844 e. The molecule has 1 nitrogen and oxygen atoms in total. The van der Waals surface area contributed by atoms with E-state index in [1.54, 1.807) is 0 Å². The van der Waals surface area contributed by atoms with Crippen LogP contribution in [-0.2, 0) is 11.2 Å². The summed E-state index contributed by atoms with van der Waals surface area (Å²) in [6.07, 6.45) is 7.18. The summed E-state index contributed by atoms with van der Waals surface area (Å²) in [5.41, 5.74) is 2.96. The average Bonchev–Trinajstić information content (AvgIpc) is 3.10. The van der Waals surface area contributed by atoms with E-state index in [2.05, 4.69) is 45.0 Å². The molecule has 1 fully saturated rings. The van der Waals surface area contributed by atoms with Gasteiger partial charge in [-0.05, 0) is 49.7 Å². The summed E-state index contributed by atoms with van der Waals surface area (Å²) in [5, 5.41) is 0. The first-order valence-corrected chi connectivity index (χ1v) is 7.48. The van der Waals surface area contributed by atoms with E-state index in [0.717, 1.165) is 0 Å². The quantitative estimate of drug-likeness (QED) is 0.635. The van der Waals surface area contributed by atoms with Gasteiger partial charge in [0.05, 0.1) is 12.2 Å². The van der Waals surface area contributed by atoms with Gasteiger partial charge in [-0.2, -0.15) is 0 Å². The predicted octanol–water partition coefficient (Wildman–Crippen LogP) is 4.70.